The fourth-order valence-electron chi connectivity index (χ4n) is 5.40. The van der Waals surface area contributed by atoms with Gasteiger partial charge in [0, 0.05) is 6.04 Å². The SMILES string of the molecule is Fc1ccccc1CCNC1CC2CC1C1CCCC21. The van der Waals surface area contributed by atoms with Crippen molar-refractivity contribution in [3.63, 3.8) is 0 Å². The molecule has 0 radical (unpaired) electrons. The van der Waals surface area contributed by atoms with Crippen molar-refractivity contribution in [1.82, 2.24) is 5.32 Å². The van der Waals surface area contributed by atoms with Crippen molar-refractivity contribution in [2.24, 2.45) is 23.7 Å². The molecule has 0 amide bonds. The van der Waals surface area contributed by atoms with Crippen LogP contribution < -0.4 is 5.32 Å². The third-order valence-electron chi connectivity index (χ3n) is 6.19. The van der Waals surface area contributed by atoms with E-state index in [4.69, 9.17) is 0 Å². The Morgan fingerprint density at radius 2 is 1.90 bits per heavy atom. The van der Waals surface area contributed by atoms with Gasteiger partial charge in [0.25, 0.3) is 0 Å². The van der Waals surface area contributed by atoms with E-state index >= 15 is 0 Å². The number of fused-ring (bicyclic) bond motifs is 5. The lowest BCUT2D eigenvalue weighted by atomic mass is 9.79. The Labute approximate surface area is 121 Å². The van der Waals surface area contributed by atoms with E-state index in [-0.39, 0.29) is 5.82 Å². The second-order valence-electron chi connectivity index (χ2n) is 7.06. The van der Waals surface area contributed by atoms with Crippen LogP contribution in [0.5, 0.6) is 0 Å². The third-order valence-corrected chi connectivity index (χ3v) is 6.19. The average Bonchev–Trinajstić information content (AvgIpc) is 3.12. The van der Waals surface area contributed by atoms with Gasteiger partial charge >= 0.3 is 0 Å². The van der Waals surface area contributed by atoms with E-state index in [1.54, 1.807) is 12.1 Å². The van der Waals surface area contributed by atoms with Crippen LogP contribution in [0.15, 0.2) is 24.3 Å². The maximum absolute atomic E-state index is 13.6. The maximum Gasteiger partial charge on any atom is 0.126 e. The number of hydrogen-bond acceptors (Lipinski definition) is 1. The van der Waals surface area contributed by atoms with Crippen molar-refractivity contribution in [1.29, 1.82) is 0 Å². The fraction of sp³-hybridized carbons (Fsp3) is 0.667. The molecule has 0 spiro atoms. The van der Waals surface area contributed by atoms with Crippen LogP contribution in [0.2, 0.25) is 0 Å². The van der Waals surface area contributed by atoms with Gasteiger partial charge in [-0.1, -0.05) is 24.6 Å². The van der Waals surface area contributed by atoms with Crippen LogP contribution in [0.4, 0.5) is 4.39 Å². The highest BCUT2D eigenvalue weighted by atomic mass is 19.1. The second kappa shape index (κ2) is 5.14. The Balaban J connectivity index is 1.32. The summed E-state index contributed by atoms with van der Waals surface area (Å²) in [7, 11) is 0. The lowest BCUT2D eigenvalue weighted by Gasteiger charge is -2.32. The molecule has 0 saturated heterocycles. The average molecular weight is 273 g/mol. The molecule has 108 valence electrons. The molecule has 1 N–H and O–H groups in total. The van der Waals surface area contributed by atoms with E-state index in [0.29, 0.717) is 6.04 Å². The molecule has 3 aliphatic rings. The van der Waals surface area contributed by atoms with Gasteiger partial charge in [0.1, 0.15) is 5.82 Å². The summed E-state index contributed by atoms with van der Waals surface area (Å²) in [6.07, 6.45) is 8.08. The first kappa shape index (κ1) is 12.8. The zero-order chi connectivity index (χ0) is 13.5. The molecule has 5 unspecified atom stereocenters. The Morgan fingerprint density at radius 1 is 1.05 bits per heavy atom. The van der Waals surface area contributed by atoms with E-state index in [1.807, 2.05) is 12.1 Å². The van der Waals surface area contributed by atoms with Crippen LogP contribution in [-0.4, -0.2) is 12.6 Å². The Bertz CT molecular complexity index is 486. The summed E-state index contributed by atoms with van der Waals surface area (Å²) in [5.41, 5.74) is 0.849. The molecular weight excluding hydrogens is 249 g/mol. The molecule has 20 heavy (non-hydrogen) atoms. The van der Waals surface area contributed by atoms with E-state index in [9.17, 15) is 4.39 Å². The van der Waals surface area contributed by atoms with Gasteiger partial charge in [0.15, 0.2) is 0 Å². The Morgan fingerprint density at radius 3 is 2.80 bits per heavy atom. The Hall–Kier alpha value is -0.890. The molecule has 1 nitrogen and oxygen atoms in total. The normalized spacial score (nSPS) is 38.4. The van der Waals surface area contributed by atoms with Gasteiger partial charge in [0.05, 0.1) is 0 Å². The van der Waals surface area contributed by atoms with E-state index in [1.165, 1.54) is 32.1 Å². The Kier molecular flexibility index (Phi) is 3.30. The van der Waals surface area contributed by atoms with Crippen LogP contribution in [0.1, 0.15) is 37.7 Å². The van der Waals surface area contributed by atoms with Gasteiger partial charge in [-0.2, -0.15) is 0 Å². The summed E-state index contributed by atoms with van der Waals surface area (Å²) < 4.78 is 13.6. The van der Waals surface area contributed by atoms with Crippen LogP contribution >= 0.6 is 0 Å². The quantitative estimate of drug-likeness (QED) is 0.880. The van der Waals surface area contributed by atoms with Crippen molar-refractivity contribution in [2.45, 2.75) is 44.6 Å². The van der Waals surface area contributed by atoms with E-state index < -0.39 is 0 Å². The van der Waals surface area contributed by atoms with Crippen LogP contribution in [0.25, 0.3) is 0 Å². The molecule has 0 aliphatic heterocycles. The highest BCUT2D eigenvalue weighted by Crippen LogP contribution is 2.58. The summed E-state index contributed by atoms with van der Waals surface area (Å²) >= 11 is 0. The molecule has 2 bridgehead atoms. The van der Waals surface area contributed by atoms with Crippen molar-refractivity contribution in [2.75, 3.05) is 6.54 Å². The van der Waals surface area contributed by atoms with Gasteiger partial charge in [0.2, 0.25) is 0 Å². The highest BCUT2D eigenvalue weighted by molar-refractivity contribution is 5.17. The molecule has 5 atom stereocenters. The van der Waals surface area contributed by atoms with Gasteiger partial charge in [-0.25, -0.2) is 4.39 Å². The first-order valence-electron chi connectivity index (χ1n) is 8.29. The van der Waals surface area contributed by atoms with E-state index in [2.05, 4.69) is 5.32 Å². The first-order valence-corrected chi connectivity index (χ1v) is 8.29. The summed E-state index contributed by atoms with van der Waals surface area (Å²) in [5, 5.41) is 3.73. The maximum atomic E-state index is 13.6. The molecular formula is C18H24FN. The topological polar surface area (TPSA) is 12.0 Å². The summed E-state index contributed by atoms with van der Waals surface area (Å²) in [6.45, 7) is 0.923. The van der Waals surface area contributed by atoms with Crippen LogP contribution in [0.3, 0.4) is 0 Å². The minimum absolute atomic E-state index is 0.0573. The lowest BCUT2D eigenvalue weighted by molar-refractivity contribution is 0.209. The molecule has 0 heterocycles. The highest BCUT2D eigenvalue weighted by Gasteiger charge is 2.53. The zero-order valence-corrected chi connectivity index (χ0v) is 12.0. The number of benzene rings is 1. The molecule has 4 rings (SSSR count). The largest absolute Gasteiger partial charge is 0.313 e. The molecule has 1 aromatic rings. The molecule has 0 aromatic heterocycles. The zero-order valence-electron chi connectivity index (χ0n) is 12.0. The number of hydrogen-bond donors (Lipinski definition) is 1. The van der Waals surface area contributed by atoms with Crippen molar-refractivity contribution >= 4 is 0 Å². The molecule has 3 fully saturated rings. The van der Waals surface area contributed by atoms with Crippen molar-refractivity contribution < 1.29 is 4.39 Å². The summed E-state index contributed by atoms with van der Waals surface area (Å²) in [4.78, 5) is 0. The number of nitrogens with one attached hydrogen (secondary N) is 1. The monoisotopic (exact) mass is 273 g/mol. The van der Waals surface area contributed by atoms with Crippen molar-refractivity contribution in [3.05, 3.63) is 35.6 Å². The van der Waals surface area contributed by atoms with Gasteiger partial charge in [-0.3, -0.25) is 0 Å². The number of halogens is 1. The van der Waals surface area contributed by atoms with Gasteiger partial charge < -0.3 is 5.32 Å². The smallest absolute Gasteiger partial charge is 0.126 e. The summed E-state index contributed by atoms with van der Waals surface area (Å²) in [6, 6.07) is 7.88. The van der Waals surface area contributed by atoms with Gasteiger partial charge in [-0.15, -0.1) is 0 Å². The minimum atomic E-state index is -0.0573. The minimum Gasteiger partial charge on any atom is -0.313 e. The molecule has 3 aliphatic carbocycles. The number of rotatable bonds is 4. The third kappa shape index (κ3) is 2.09. The van der Waals surface area contributed by atoms with Crippen molar-refractivity contribution in [3.8, 4) is 0 Å². The van der Waals surface area contributed by atoms with Gasteiger partial charge in [-0.05, 0) is 74.0 Å². The first-order chi connectivity index (χ1) is 9.83. The van der Waals surface area contributed by atoms with E-state index in [0.717, 1.165) is 42.2 Å². The molecule has 3 saturated carbocycles. The van der Waals surface area contributed by atoms with Crippen LogP contribution in [0, 0.1) is 29.5 Å². The predicted octanol–water partition coefficient (Wildman–Crippen LogP) is 3.78. The molecule has 2 heteroatoms. The predicted molar refractivity (Wildman–Crippen MR) is 78.9 cm³/mol. The fourth-order valence-corrected chi connectivity index (χ4v) is 5.40. The second-order valence-corrected chi connectivity index (χ2v) is 7.06. The lowest BCUT2D eigenvalue weighted by Crippen LogP contribution is -2.40. The van der Waals surface area contributed by atoms with Crippen LogP contribution in [-0.2, 0) is 6.42 Å². The molecule has 1 aromatic carbocycles. The standard InChI is InChI=1S/C18H24FN/c19-17-7-2-1-4-12(17)8-9-20-18-11-13-10-16(18)15-6-3-5-14(13)15/h1-2,4,7,13-16,18,20H,3,5-6,8-11H2. The summed E-state index contributed by atoms with van der Waals surface area (Å²) in [5.74, 6) is 3.94.